The summed E-state index contributed by atoms with van der Waals surface area (Å²) in [4.78, 5) is 15.3. The maximum atomic E-state index is 12.3. The first-order chi connectivity index (χ1) is 10.3. The molecule has 120 valence electrons. The van der Waals surface area contributed by atoms with E-state index in [1.54, 1.807) is 0 Å². The third-order valence-corrected chi connectivity index (χ3v) is 2.69. The van der Waals surface area contributed by atoms with E-state index in [0.717, 1.165) is 0 Å². The van der Waals surface area contributed by atoms with Crippen molar-refractivity contribution in [1.82, 2.24) is 19.9 Å². The van der Waals surface area contributed by atoms with Crippen molar-refractivity contribution in [3.05, 3.63) is 10.6 Å². The van der Waals surface area contributed by atoms with E-state index >= 15 is 0 Å². The van der Waals surface area contributed by atoms with Crippen molar-refractivity contribution in [1.29, 1.82) is 0 Å². The molecular formula is C10H9Cl2F3N6O. The quantitative estimate of drug-likeness (QED) is 0.706. The average Bonchev–Trinajstić information content (AvgIpc) is 2.42. The lowest BCUT2D eigenvalue weighted by atomic mass is 10.3. The van der Waals surface area contributed by atoms with Gasteiger partial charge in [-0.2, -0.15) is 23.1 Å². The maximum Gasteiger partial charge on any atom is 0.405 e. The Morgan fingerprint density at radius 2 is 1.41 bits per heavy atom. The Bertz CT molecular complexity index is 684. The van der Waals surface area contributed by atoms with Gasteiger partial charge in [-0.05, 0) is 23.2 Å². The molecule has 0 aliphatic carbocycles. The van der Waals surface area contributed by atoms with Gasteiger partial charge in [0, 0.05) is 6.54 Å². The summed E-state index contributed by atoms with van der Waals surface area (Å²) >= 11 is 11.5. The molecule has 0 unspecified atom stereocenters. The van der Waals surface area contributed by atoms with Crippen LogP contribution < -0.4 is 10.6 Å². The molecule has 22 heavy (non-hydrogen) atoms. The Morgan fingerprint density at radius 1 is 0.909 bits per heavy atom. The lowest BCUT2D eigenvalue weighted by molar-refractivity contribution is -0.115. The largest absolute Gasteiger partial charge is 0.405 e. The van der Waals surface area contributed by atoms with Gasteiger partial charge < -0.3 is 15.7 Å². The van der Waals surface area contributed by atoms with Gasteiger partial charge in [-0.15, -0.1) is 0 Å². The van der Waals surface area contributed by atoms with Crippen molar-refractivity contribution in [3.63, 3.8) is 0 Å². The molecule has 0 atom stereocenters. The second-order valence-electron chi connectivity index (χ2n) is 4.00. The highest BCUT2D eigenvalue weighted by Gasteiger charge is 2.27. The molecule has 2 heterocycles. The molecule has 7 nitrogen and oxygen atoms in total. The number of hydrogen-bond acceptors (Lipinski definition) is 7. The molecule has 0 bridgehead atoms. The molecule has 0 spiro atoms. The summed E-state index contributed by atoms with van der Waals surface area (Å²) in [5, 5.41) is 13.1. The molecule has 3 N–H and O–H groups in total. The van der Waals surface area contributed by atoms with E-state index in [2.05, 4.69) is 30.6 Å². The number of aromatic nitrogens is 4. The Labute approximate surface area is 131 Å². The fraction of sp³-hybridized carbons (Fsp3) is 0.400. The highest BCUT2D eigenvalue weighted by atomic mass is 35.5. The van der Waals surface area contributed by atoms with Crippen LogP contribution >= 0.6 is 23.2 Å². The first-order valence-corrected chi connectivity index (χ1v) is 6.62. The number of rotatable bonds is 5. The summed E-state index contributed by atoms with van der Waals surface area (Å²) in [5.41, 5.74) is 0.0663. The van der Waals surface area contributed by atoms with E-state index in [4.69, 9.17) is 28.3 Å². The van der Waals surface area contributed by atoms with Crippen molar-refractivity contribution in [2.75, 3.05) is 30.3 Å². The molecule has 0 amide bonds. The number of nitrogens with zero attached hydrogens (tertiary/aromatic N) is 4. The number of hydrogen-bond donors (Lipinski definition) is 3. The topological polar surface area (TPSA) is 95.8 Å². The molecular weight excluding hydrogens is 348 g/mol. The number of nitrogens with one attached hydrogen (secondary N) is 2. The smallest absolute Gasteiger partial charge is 0.395 e. The van der Waals surface area contributed by atoms with Crippen LogP contribution in [-0.4, -0.2) is 50.9 Å². The van der Waals surface area contributed by atoms with Crippen molar-refractivity contribution in [2.45, 2.75) is 6.18 Å². The van der Waals surface area contributed by atoms with Crippen molar-refractivity contribution in [2.24, 2.45) is 0 Å². The summed E-state index contributed by atoms with van der Waals surface area (Å²) < 4.78 is 37.0. The molecule has 0 aliphatic heterocycles. The van der Waals surface area contributed by atoms with Gasteiger partial charge in [0.2, 0.25) is 10.6 Å². The van der Waals surface area contributed by atoms with Crippen LogP contribution in [0.4, 0.5) is 24.8 Å². The van der Waals surface area contributed by atoms with E-state index in [9.17, 15) is 13.2 Å². The van der Waals surface area contributed by atoms with Gasteiger partial charge in [0.15, 0.2) is 11.6 Å². The third kappa shape index (κ3) is 4.18. The number of aliphatic hydroxyl groups excluding tert-OH is 1. The van der Waals surface area contributed by atoms with Crippen molar-refractivity contribution < 1.29 is 18.3 Å². The molecule has 0 aromatic carbocycles. The monoisotopic (exact) mass is 356 g/mol. The van der Waals surface area contributed by atoms with E-state index in [1.165, 1.54) is 0 Å². The molecule has 0 saturated carbocycles. The third-order valence-electron chi connectivity index (χ3n) is 2.35. The van der Waals surface area contributed by atoms with Gasteiger partial charge in [-0.1, -0.05) is 0 Å². The predicted octanol–water partition coefficient (Wildman–Crippen LogP) is 2.10. The zero-order chi connectivity index (χ0) is 16.3. The van der Waals surface area contributed by atoms with E-state index in [1.807, 2.05) is 0 Å². The van der Waals surface area contributed by atoms with Gasteiger partial charge in [-0.25, -0.2) is 9.97 Å². The van der Waals surface area contributed by atoms with Crippen molar-refractivity contribution in [3.8, 4) is 0 Å². The number of alkyl halides is 3. The lowest BCUT2D eigenvalue weighted by Gasteiger charge is -2.12. The minimum atomic E-state index is -4.45. The van der Waals surface area contributed by atoms with Gasteiger partial charge in [-0.3, -0.25) is 0 Å². The number of fused-ring (bicyclic) bond motifs is 1. The number of anilines is 2. The maximum absolute atomic E-state index is 12.3. The molecule has 0 saturated heterocycles. The highest BCUT2D eigenvalue weighted by Crippen LogP contribution is 2.27. The summed E-state index contributed by atoms with van der Waals surface area (Å²) in [6, 6.07) is 0. The first-order valence-electron chi connectivity index (χ1n) is 5.86. The van der Waals surface area contributed by atoms with Crippen LogP contribution in [0.3, 0.4) is 0 Å². The van der Waals surface area contributed by atoms with Crippen LogP contribution in [0.5, 0.6) is 0 Å². The first kappa shape index (κ1) is 16.7. The van der Waals surface area contributed by atoms with E-state index in [-0.39, 0.29) is 46.4 Å². The van der Waals surface area contributed by atoms with Crippen LogP contribution in [0.1, 0.15) is 0 Å². The number of halogens is 5. The second kappa shape index (κ2) is 6.63. The Morgan fingerprint density at radius 3 is 1.86 bits per heavy atom. The van der Waals surface area contributed by atoms with Gasteiger partial charge in [0.05, 0.1) is 6.61 Å². The SMILES string of the molecule is OCCNc1nc(Cl)nc2c(NCC(F)(F)F)nc(Cl)nc12. The fourth-order valence-corrected chi connectivity index (χ4v) is 1.90. The average molecular weight is 357 g/mol. The van der Waals surface area contributed by atoms with Gasteiger partial charge >= 0.3 is 6.18 Å². The normalized spacial score (nSPS) is 11.7. The van der Waals surface area contributed by atoms with Crippen LogP contribution in [0.25, 0.3) is 11.0 Å². The summed E-state index contributed by atoms with van der Waals surface area (Å²) in [5.74, 6) is -0.0907. The standard InChI is InChI=1S/C10H9Cl2F3N6O/c11-8-19-5-4(6(20-8)16-1-2-22)18-9(12)21-7(5)17-3-10(13,14)15/h22H,1-3H2,(H,16,19,20)(H,17,18,21). The zero-order valence-corrected chi connectivity index (χ0v) is 12.3. The molecule has 0 fully saturated rings. The minimum Gasteiger partial charge on any atom is -0.395 e. The lowest BCUT2D eigenvalue weighted by Crippen LogP contribution is -2.22. The molecule has 2 aromatic rings. The predicted molar refractivity (Wildman–Crippen MR) is 75.3 cm³/mol. The van der Waals surface area contributed by atoms with Crippen LogP contribution in [0.15, 0.2) is 0 Å². The van der Waals surface area contributed by atoms with Crippen LogP contribution in [-0.2, 0) is 0 Å². The van der Waals surface area contributed by atoms with Crippen molar-refractivity contribution >= 4 is 45.9 Å². The minimum absolute atomic E-state index is 0.0194. The number of aliphatic hydroxyl groups is 1. The van der Waals surface area contributed by atoms with E-state index in [0.29, 0.717) is 0 Å². The van der Waals surface area contributed by atoms with E-state index < -0.39 is 12.7 Å². The highest BCUT2D eigenvalue weighted by molar-refractivity contribution is 6.30. The molecule has 0 radical (unpaired) electrons. The summed E-state index contributed by atoms with van der Waals surface area (Å²) in [6.07, 6.45) is -4.45. The summed E-state index contributed by atoms with van der Waals surface area (Å²) in [6.45, 7) is -1.38. The van der Waals surface area contributed by atoms with Gasteiger partial charge in [0.1, 0.15) is 17.6 Å². The Hall–Kier alpha value is -1.65. The zero-order valence-electron chi connectivity index (χ0n) is 10.7. The summed E-state index contributed by atoms with van der Waals surface area (Å²) in [7, 11) is 0. The van der Waals surface area contributed by atoms with Crippen LogP contribution in [0, 0.1) is 0 Å². The van der Waals surface area contributed by atoms with Crippen LogP contribution in [0.2, 0.25) is 10.6 Å². The molecule has 12 heteroatoms. The second-order valence-corrected chi connectivity index (χ2v) is 4.67. The molecule has 0 aliphatic rings. The molecule has 2 aromatic heterocycles. The fourth-order valence-electron chi connectivity index (χ4n) is 1.57. The Kier molecular flexibility index (Phi) is 5.04. The molecule has 2 rings (SSSR count). The van der Waals surface area contributed by atoms with Gasteiger partial charge in [0.25, 0.3) is 0 Å². The Balaban J connectivity index is 2.50.